The highest BCUT2D eigenvalue weighted by molar-refractivity contribution is 8.23. The van der Waals surface area contributed by atoms with Gasteiger partial charge in [0, 0.05) is 11.6 Å². The average molecular weight is 443 g/mol. The van der Waals surface area contributed by atoms with Crippen molar-refractivity contribution in [1.29, 1.82) is 0 Å². The van der Waals surface area contributed by atoms with Crippen LogP contribution in [0.4, 0.5) is 5.69 Å². The Morgan fingerprint density at radius 3 is 2.55 bits per heavy atom. The number of carbonyl (C=O) groups is 1. The molecule has 1 unspecified atom stereocenters. The number of nitrogens with zero attached hydrogens (tertiary/aromatic N) is 1. The summed E-state index contributed by atoms with van der Waals surface area (Å²) in [5, 5.41) is 23.7. The predicted molar refractivity (Wildman–Crippen MR) is 123 cm³/mol. The summed E-state index contributed by atoms with van der Waals surface area (Å²) in [6, 6.07) is 11.3. The molecule has 0 fully saturated rings. The van der Waals surface area contributed by atoms with Crippen LogP contribution < -0.4 is 5.32 Å². The van der Waals surface area contributed by atoms with Gasteiger partial charge in [0.2, 0.25) is 0 Å². The van der Waals surface area contributed by atoms with Gasteiger partial charge in [0.05, 0.1) is 11.1 Å². The van der Waals surface area contributed by atoms with Crippen LogP contribution in [0.3, 0.4) is 0 Å². The van der Waals surface area contributed by atoms with Crippen molar-refractivity contribution < 1.29 is 24.1 Å². The van der Waals surface area contributed by atoms with Crippen LogP contribution in [0.25, 0.3) is 5.76 Å². The molecule has 31 heavy (non-hydrogen) atoms. The Morgan fingerprint density at radius 1 is 1.13 bits per heavy atom. The Hall–Kier alpha value is -2.81. The summed E-state index contributed by atoms with van der Waals surface area (Å²) in [6.07, 6.45) is 1.38. The fraction of sp³-hybridized carbons (Fsp3) is 0.304. The van der Waals surface area contributed by atoms with E-state index in [2.05, 4.69) is 23.6 Å². The lowest BCUT2D eigenvalue weighted by molar-refractivity contribution is -0.120. The summed E-state index contributed by atoms with van der Waals surface area (Å²) < 4.78 is 25.2. The standard InChI is InChI=1S/C23H26N2O5S/c1-13(2)10-11-23(3)16-7-5-4-6-15(16)20(27)19(21(23)28)22-24-17-9-8-14(26)12-18(17)31(29,30)25-22/h4-9,12-13,26-27,29-30H,10-11H2,1-3H3,(H,24,25). The third-order valence-corrected chi connectivity index (χ3v) is 7.30. The molecule has 7 nitrogen and oxygen atoms in total. The second-order valence-electron chi connectivity index (χ2n) is 8.63. The topological polar surface area (TPSA) is 122 Å². The molecule has 0 saturated carbocycles. The molecule has 164 valence electrons. The van der Waals surface area contributed by atoms with Crippen LogP contribution in [0.5, 0.6) is 5.75 Å². The summed E-state index contributed by atoms with van der Waals surface area (Å²) in [6.45, 7) is 6.03. The number of anilines is 1. The van der Waals surface area contributed by atoms with Crippen LogP contribution in [0.15, 0.2) is 57.3 Å². The van der Waals surface area contributed by atoms with Crippen molar-refractivity contribution in [2.45, 2.75) is 43.9 Å². The molecule has 1 aliphatic carbocycles. The molecule has 2 aromatic carbocycles. The number of rotatable bonds is 4. The molecule has 1 atom stereocenters. The Bertz CT molecular complexity index is 1140. The minimum Gasteiger partial charge on any atom is -0.508 e. The summed E-state index contributed by atoms with van der Waals surface area (Å²) in [5.74, 6) is -0.410. The lowest BCUT2D eigenvalue weighted by Crippen LogP contribution is -2.42. The first kappa shape index (κ1) is 21.4. The molecule has 0 amide bonds. The molecule has 8 heteroatoms. The number of ketones is 1. The maximum Gasteiger partial charge on any atom is 0.180 e. The smallest absolute Gasteiger partial charge is 0.180 e. The van der Waals surface area contributed by atoms with Crippen LogP contribution in [0.1, 0.15) is 44.7 Å². The second-order valence-corrected chi connectivity index (χ2v) is 10.3. The predicted octanol–water partition coefficient (Wildman–Crippen LogP) is 5.49. The zero-order valence-corrected chi connectivity index (χ0v) is 18.4. The van der Waals surface area contributed by atoms with Gasteiger partial charge in [-0.1, -0.05) is 48.9 Å². The molecule has 0 saturated heterocycles. The van der Waals surface area contributed by atoms with Crippen LogP contribution >= 0.6 is 10.8 Å². The highest BCUT2D eigenvalue weighted by Crippen LogP contribution is 2.57. The molecule has 2 aromatic rings. The molecule has 0 radical (unpaired) electrons. The monoisotopic (exact) mass is 442 g/mol. The SMILES string of the molecule is CC(C)CCC1(C)C(=O)C(C2=NS(O)(O)c3cc(O)ccc3N2)=C(O)c2ccccc21. The number of phenolic OH excluding ortho intramolecular Hbond substituents is 1. The van der Waals surface area contributed by atoms with E-state index in [1.807, 2.05) is 19.1 Å². The second kappa shape index (κ2) is 7.40. The van der Waals surface area contributed by atoms with Crippen LogP contribution in [0, 0.1) is 5.92 Å². The van der Waals surface area contributed by atoms with Gasteiger partial charge < -0.3 is 15.5 Å². The highest BCUT2D eigenvalue weighted by Gasteiger charge is 2.46. The maximum atomic E-state index is 13.8. The first-order valence-electron chi connectivity index (χ1n) is 10.1. The molecule has 1 aliphatic heterocycles. The van der Waals surface area contributed by atoms with Crippen LogP contribution in [-0.4, -0.2) is 30.9 Å². The molecule has 0 bridgehead atoms. The minimum absolute atomic E-state index is 0.0302. The van der Waals surface area contributed by atoms with Gasteiger partial charge in [0.15, 0.2) is 11.6 Å². The third-order valence-electron chi connectivity index (χ3n) is 5.93. The van der Waals surface area contributed by atoms with E-state index >= 15 is 0 Å². The van der Waals surface area contributed by atoms with E-state index in [0.29, 0.717) is 23.6 Å². The van der Waals surface area contributed by atoms with Gasteiger partial charge in [0.1, 0.15) is 22.0 Å². The number of benzene rings is 2. The van der Waals surface area contributed by atoms with Crippen molar-refractivity contribution in [1.82, 2.24) is 0 Å². The van der Waals surface area contributed by atoms with Crippen molar-refractivity contribution in [2.24, 2.45) is 10.3 Å². The first-order valence-corrected chi connectivity index (χ1v) is 11.6. The molecular weight excluding hydrogens is 416 g/mol. The summed E-state index contributed by atoms with van der Waals surface area (Å²) in [5.41, 5.74) is 0.614. The molecular formula is C23H26N2O5S. The van der Waals surface area contributed by atoms with Gasteiger partial charge in [-0.2, -0.15) is 0 Å². The minimum atomic E-state index is -3.68. The summed E-state index contributed by atoms with van der Waals surface area (Å²) in [7, 11) is -3.68. The van der Waals surface area contributed by atoms with Gasteiger partial charge in [-0.3, -0.25) is 13.9 Å². The van der Waals surface area contributed by atoms with Gasteiger partial charge >= 0.3 is 0 Å². The highest BCUT2D eigenvalue weighted by atomic mass is 32.3. The molecule has 5 N–H and O–H groups in total. The van der Waals surface area contributed by atoms with Crippen molar-refractivity contribution in [3.8, 4) is 5.75 Å². The number of carbonyl (C=O) groups excluding carboxylic acids is 1. The average Bonchev–Trinajstić information content (AvgIpc) is 2.71. The van der Waals surface area contributed by atoms with Gasteiger partial charge in [0.25, 0.3) is 0 Å². The van der Waals surface area contributed by atoms with Gasteiger partial charge in [-0.25, -0.2) is 0 Å². The zero-order chi connectivity index (χ0) is 22.6. The number of nitrogens with one attached hydrogen (secondary N) is 1. The Kier molecular flexibility index (Phi) is 5.12. The quantitative estimate of drug-likeness (QED) is 0.399. The molecule has 4 rings (SSSR count). The normalized spacial score (nSPS) is 23.0. The van der Waals surface area contributed by atoms with Crippen LogP contribution in [0.2, 0.25) is 0 Å². The fourth-order valence-corrected chi connectivity index (χ4v) is 5.32. The van der Waals surface area contributed by atoms with Crippen molar-refractivity contribution >= 4 is 33.8 Å². The van der Waals surface area contributed by atoms with Crippen molar-refractivity contribution in [3.63, 3.8) is 0 Å². The number of hydrogen-bond donors (Lipinski definition) is 5. The summed E-state index contributed by atoms with van der Waals surface area (Å²) in [4.78, 5) is 13.8. The van der Waals surface area contributed by atoms with Gasteiger partial charge in [-0.05, 0) is 43.4 Å². The summed E-state index contributed by atoms with van der Waals surface area (Å²) >= 11 is 0. The van der Waals surface area contributed by atoms with E-state index in [-0.39, 0.29) is 33.6 Å². The Morgan fingerprint density at radius 2 is 1.84 bits per heavy atom. The largest absolute Gasteiger partial charge is 0.508 e. The lowest BCUT2D eigenvalue weighted by Gasteiger charge is -2.39. The zero-order valence-electron chi connectivity index (χ0n) is 17.6. The van der Waals surface area contributed by atoms with Gasteiger partial charge in [-0.15, -0.1) is 4.40 Å². The van der Waals surface area contributed by atoms with E-state index in [4.69, 9.17) is 0 Å². The molecule has 0 spiro atoms. The number of aromatic hydroxyl groups is 1. The third kappa shape index (κ3) is 3.50. The van der Waals surface area contributed by atoms with E-state index in [1.165, 1.54) is 18.2 Å². The number of hydrogen-bond acceptors (Lipinski definition) is 7. The number of fused-ring (bicyclic) bond motifs is 2. The van der Waals surface area contributed by atoms with E-state index < -0.39 is 16.2 Å². The lowest BCUT2D eigenvalue weighted by atomic mass is 9.66. The fourth-order valence-electron chi connectivity index (χ4n) is 4.13. The number of aliphatic hydroxyl groups excluding tert-OH is 1. The number of Topliss-reactive ketones (excluding diaryl/α,β-unsaturated/α-hetero) is 1. The van der Waals surface area contributed by atoms with E-state index in [9.17, 15) is 24.1 Å². The number of aliphatic hydroxyl groups is 1. The number of phenols is 1. The maximum absolute atomic E-state index is 13.8. The number of amidine groups is 1. The first-order chi connectivity index (χ1) is 14.5. The van der Waals surface area contributed by atoms with E-state index in [0.717, 1.165) is 12.0 Å². The molecule has 0 aromatic heterocycles. The van der Waals surface area contributed by atoms with E-state index in [1.54, 1.807) is 12.1 Å². The van der Waals surface area contributed by atoms with Crippen molar-refractivity contribution in [3.05, 3.63) is 59.2 Å². The van der Waals surface area contributed by atoms with Crippen LogP contribution in [-0.2, 0) is 10.2 Å². The molecule has 2 aliphatic rings. The van der Waals surface area contributed by atoms with Crippen molar-refractivity contribution in [2.75, 3.05) is 5.32 Å². The Labute approximate surface area is 182 Å². The Balaban J connectivity index is 1.88. The molecule has 1 heterocycles.